The number of methoxy groups -OCH3 is 1. The van der Waals surface area contributed by atoms with Crippen LogP contribution >= 0.6 is 7.14 Å². The summed E-state index contributed by atoms with van der Waals surface area (Å²) in [6.07, 6.45) is -8.04. The Hall–Kier alpha value is -2.75. The number of H-pyrrole nitrogens is 1. The molecule has 0 saturated heterocycles. The van der Waals surface area contributed by atoms with Crippen LogP contribution in [0.1, 0.15) is 5.56 Å². The third-order valence-electron chi connectivity index (χ3n) is 4.24. The van der Waals surface area contributed by atoms with Crippen LogP contribution in [0.3, 0.4) is 0 Å². The maximum absolute atomic E-state index is 13.6. The van der Waals surface area contributed by atoms with E-state index >= 15 is 0 Å². The number of aromatic nitrogens is 3. The molecule has 1 N–H and O–H groups in total. The van der Waals surface area contributed by atoms with Crippen LogP contribution in [0.25, 0.3) is 22.2 Å². The predicted molar refractivity (Wildman–Crippen MR) is 102 cm³/mol. The van der Waals surface area contributed by atoms with Crippen LogP contribution in [-0.2, 0) is 10.7 Å². The van der Waals surface area contributed by atoms with Crippen molar-refractivity contribution >= 4 is 23.3 Å². The maximum atomic E-state index is 13.6. The number of halogens is 6. The number of rotatable bonds is 5. The number of fused-ring (bicyclic) bond motifs is 1. The number of benzene rings is 1. The number of aromatic amines is 1. The van der Waals surface area contributed by atoms with E-state index in [0.717, 1.165) is 0 Å². The molecule has 31 heavy (non-hydrogen) atoms. The fourth-order valence-electron chi connectivity index (χ4n) is 3.05. The van der Waals surface area contributed by atoms with Crippen molar-refractivity contribution in [3.8, 4) is 23.0 Å². The molecule has 0 radical (unpaired) electrons. The molecule has 2 heterocycles. The van der Waals surface area contributed by atoms with E-state index in [1.165, 1.54) is 38.8 Å². The quantitative estimate of drug-likeness (QED) is 0.429. The minimum absolute atomic E-state index is 0.0704. The molecule has 0 amide bonds. The summed E-state index contributed by atoms with van der Waals surface area (Å²) in [4.78, 5) is 9.64. The first kappa shape index (κ1) is 22.9. The molecular weight excluding hydrogens is 451 g/mol. The lowest BCUT2D eigenvalue weighted by Gasteiger charge is -2.15. The molecular formula is C18H16F6N3O3P. The third kappa shape index (κ3) is 4.79. The summed E-state index contributed by atoms with van der Waals surface area (Å²) >= 11 is 0. The summed E-state index contributed by atoms with van der Waals surface area (Å²) in [5, 5.41) is 0.514. The normalized spacial score (nSPS) is 12.9. The molecule has 0 atom stereocenters. The molecule has 13 heteroatoms. The largest absolute Gasteiger partial charge is 0.496 e. The van der Waals surface area contributed by atoms with E-state index in [4.69, 9.17) is 4.74 Å². The second-order valence-corrected chi connectivity index (χ2v) is 10.1. The van der Waals surface area contributed by atoms with Gasteiger partial charge in [0.05, 0.1) is 23.6 Å². The molecule has 0 aliphatic rings. The Morgan fingerprint density at radius 1 is 1.13 bits per heavy atom. The molecule has 0 spiro atoms. The summed E-state index contributed by atoms with van der Waals surface area (Å²) in [5.41, 5.74) is -1.74. The SMILES string of the molecule is COc1ccc2c(-c3nc(OCC(F)(F)F)ncc3C(F)(F)F)c[nH]c2c1P(C)(C)=O. The number of hydrogen-bond donors (Lipinski definition) is 1. The maximum Gasteiger partial charge on any atom is 0.422 e. The van der Waals surface area contributed by atoms with Gasteiger partial charge in [0.15, 0.2) is 6.61 Å². The van der Waals surface area contributed by atoms with E-state index in [2.05, 4.69) is 19.7 Å². The van der Waals surface area contributed by atoms with Crippen molar-refractivity contribution in [1.82, 2.24) is 15.0 Å². The molecule has 0 aliphatic heterocycles. The highest BCUT2D eigenvalue weighted by atomic mass is 31.2. The summed E-state index contributed by atoms with van der Waals surface area (Å²) in [7, 11) is -1.58. The van der Waals surface area contributed by atoms with Gasteiger partial charge in [0.25, 0.3) is 0 Å². The van der Waals surface area contributed by atoms with Crippen LogP contribution in [-0.4, -0.2) is 48.2 Å². The summed E-state index contributed by atoms with van der Waals surface area (Å²) in [5.74, 6) is 0.280. The topological polar surface area (TPSA) is 77.1 Å². The monoisotopic (exact) mass is 467 g/mol. The highest BCUT2D eigenvalue weighted by molar-refractivity contribution is 7.70. The van der Waals surface area contributed by atoms with Crippen molar-refractivity contribution in [2.45, 2.75) is 12.4 Å². The predicted octanol–water partition coefficient (Wildman–Crippen LogP) is 4.84. The van der Waals surface area contributed by atoms with Gasteiger partial charge in [-0.25, -0.2) is 4.98 Å². The Balaban J connectivity index is 2.24. The molecule has 0 bridgehead atoms. The molecule has 1 aromatic carbocycles. The van der Waals surface area contributed by atoms with Gasteiger partial charge in [-0.15, -0.1) is 0 Å². The minimum atomic E-state index is -4.89. The van der Waals surface area contributed by atoms with E-state index in [1.54, 1.807) is 0 Å². The van der Waals surface area contributed by atoms with Gasteiger partial charge in [0.2, 0.25) is 0 Å². The molecule has 3 aromatic rings. The standard InChI is InChI=1S/C18H16F6N3O3P/c1-29-12-5-4-9-10(6-25-14(9)15(12)31(2,3)28)13-11(18(22,23)24)7-26-16(27-13)30-8-17(19,20)21/h4-7,25H,8H2,1-3H3. The highest BCUT2D eigenvalue weighted by Gasteiger charge is 2.37. The van der Waals surface area contributed by atoms with E-state index in [0.29, 0.717) is 6.20 Å². The number of nitrogens with one attached hydrogen (secondary N) is 1. The lowest BCUT2D eigenvalue weighted by atomic mass is 10.1. The average Bonchev–Trinajstić information content (AvgIpc) is 3.06. The minimum Gasteiger partial charge on any atom is -0.496 e. The van der Waals surface area contributed by atoms with Crippen LogP contribution in [0.15, 0.2) is 24.5 Å². The number of alkyl halides is 6. The third-order valence-corrected chi connectivity index (χ3v) is 5.76. The summed E-state index contributed by atoms with van der Waals surface area (Å²) < 4.78 is 100. The Morgan fingerprint density at radius 3 is 2.35 bits per heavy atom. The van der Waals surface area contributed by atoms with Crippen molar-refractivity contribution in [2.24, 2.45) is 0 Å². The smallest absolute Gasteiger partial charge is 0.422 e. The van der Waals surface area contributed by atoms with Gasteiger partial charge in [-0.3, -0.25) is 0 Å². The number of ether oxygens (including phenoxy) is 2. The van der Waals surface area contributed by atoms with Crippen molar-refractivity contribution in [3.05, 3.63) is 30.1 Å². The van der Waals surface area contributed by atoms with Crippen molar-refractivity contribution in [2.75, 3.05) is 27.0 Å². The van der Waals surface area contributed by atoms with Crippen molar-refractivity contribution in [1.29, 1.82) is 0 Å². The first-order chi connectivity index (χ1) is 14.2. The molecule has 2 aromatic heterocycles. The Morgan fingerprint density at radius 2 is 1.81 bits per heavy atom. The summed E-state index contributed by atoms with van der Waals surface area (Å²) in [6.45, 7) is 1.18. The zero-order chi connectivity index (χ0) is 23.2. The Labute approximate surface area is 172 Å². The van der Waals surface area contributed by atoms with Gasteiger partial charge in [-0.05, 0) is 25.5 Å². The summed E-state index contributed by atoms with van der Waals surface area (Å²) in [6, 6.07) is 2.03. The van der Waals surface area contributed by atoms with E-state index in [-0.39, 0.29) is 27.5 Å². The average molecular weight is 467 g/mol. The number of nitrogens with zero attached hydrogens (tertiary/aromatic N) is 2. The first-order valence-corrected chi connectivity index (χ1v) is 11.2. The Kier molecular flexibility index (Phi) is 5.72. The molecule has 168 valence electrons. The van der Waals surface area contributed by atoms with E-state index < -0.39 is 43.4 Å². The molecule has 0 fully saturated rings. The van der Waals surface area contributed by atoms with Gasteiger partial charge >= 0.3 is 18.4 Å². The second-order valence-electron chi connectivity index (χ2n) is 6.91. The molecule has 3 rings (SSSR count). The zero-order valence-electron chi connectivity index (χ0n) is 16.4. The first-order valence-electron chi connectivity index (χ1n) is 8.60. The van der Waals surface area contributed by atoms with E-state index in [1.807, 2.05) is 0 Å². The fourth-order valence-corrected chi connectivity index (χ4v) is 4.47. The van der Waals surface area contributed by atoms with Gasteiger partial charge in [0, 0.05) is 23.3 Å². The molecule has 6 nitrogen and oxygen atoms in total. The van der Waals surface area contributed by atoms with Gasteiger partial charge in [0.1, 0.15) is 18.5 Å². The van der Waals surface area contributed by atoms with Crippen LogP contribution in [0.5, 0.6) is 11.8 Å². The Bertz CT molecular complexity index is 1170. The van der Waals surface area contributed by atoms with Crippen LogP contribution in [0, 0.1) is 0 Å². The molecule has 0 aliphatic carbocycles. The molecule has 0 saturated carbocycles. The van der Waals surface area contributed by atoms with Gasteiger partial charge in [-0.1, -0.05) is 0 Å². The van der Waals surface area contributed by atoms with E-state index in [9.17, 15) is 30.9 Å². The lowest BCUT2D eigenvalue weighted by molar-refractivity contribution is -0.155. The fraction of sp³-hybridized carbons (Fsp3) is 0.333. The van der Waals surface area contributed by atoms with Gasteiger partial charge in [-0.2, -0.15) is 31.3 Å². The van der Waals surface area contributed by atoms with Crippen LogP contribution in [0.4, 0.5) is 26.3 Å². The van der Waals surface area contributed by atoms with Crippen LogP contribution < -0.4 is 14.8 Å². The zero-order valence-corrected chi connectivity index (χ0v) is 17.2. The van der Waals surface area contributed by atoms with Crippen molar-refractivity contribution < 1.29 is 40.4 Å². The van der Waals surface area contributed by atoms with Gasteiger partial charge < -0.3 is 19.0 Å². The molecule has 0 unspecified atom stereocenters. The highest BCUT2D eigenvalue weighted by Crippen LogP contribution is 2.44. The second kappa shape index (κ2) is 7.74. The lowest BCUT2D eigenvalue weighted by Crippen LogP contribution is -2.20. The number of hydrogen-bond acceptors (Lipinski definition) is 5. The van der Waals surface area contributed by atoms with Crippen molar-refractivity contribution in [3.63, 3.8) is 0 Å². The van der Waals surface area contributed by atoms with Crippen LogP contribution in [0.2, 0.25) is 0 Å².